The van der Waals surface area contributed by atoms with Crippen molar-refractivity contribution in [1.29, 1.82) is 5.26 Å². The third-order valence-electron chi connectivity index (χ3n) is 4.47. The van der Waals surface area contributed by atoms with E-state index in [0.717, 1.165) is 42.1 Å². The lowest BCUT2D eigenvalue weighted by Gasteiger charge is -2.31. The van der Waals surface area contributed by atoms with Gasteiger partial charge in [-0.1, -0.05) is 19.9 Å². The second kappa shape index (κ2) is 5.73. The molecular weight excluding hydrogens is 258 g/mol. The Bertz CT molecular complexity index is 691. The summed E-state index contributed by atoms with van der Waals surface area (Å²) < 4.78 is 0. The van der Waals surface area contributed by atoms with Gasteiger partial charge in [-0.2, -0.15) is 5.26 Å². The van der Waals surface area contributed by atoms with Crippen LogP contribution in [0, 0.1) is 17.2 Å². The van der Waals surface area contributed by atoms with Gasteiger partial charge in [-0.05, 0) is 48.9 Å². The van der Waals surface area contributed by atoms with Crippen LogP contribution in [0.4, 0.5) is 5.82 Å². The van der Waals surface area contributed by atoms with Crippen LogP contribution in [-0.2, 0) is 6.42 Å². The SMILES string of the molecule is CCc1ccc2nc(N3CCC(C)CC3)c(C#N)cc2c1. The highest BCUT2D eigenvalue weighted by Gasteiger charge is 2.20. The van der Waals surface area contributed by atoms with Crippen LogP contribution in [-0.4, -0.2) is 18.1 Å². The maximum Gasteiger partial charge on any atom is 0.147 e. The number of pyridine rings is 1. The van der Waals surface area contributed by atoms with Crippen LogP contribution in [0.1, 0.15) is 37.8 Å². The highest BCUT2D eigenvalue weighted by molar-refractivity contribution is 5.83. The zero-order valence-electron chi connectivity index (χ0n) is 12.8. The van der Waals surface area contributed by atoms with Gasteiger partial charge in [0, 0.05) is 18.5 Å². The summed E-state index contributed by atoms with van der Waals surface area (Å²) in [4.78, 5) is 7.04. The molecule has 2 heterocycles. The summed E-state index contributed by atoms with van der Waals surface area (Å²) in [6.07, 6.45) is 3.36. The Morgan fingerprint density at radius 1 is 1.29 bits per heavy atom. The third kappa shape index (κ3) is 2.71. The number of benzene rings is 1. The number of nitriles is 1. The Morgan fingerprint density at radius 3 is 2.71 bits per heavy atom. The Labute approximate surface area is 126 Å². The summed E-state index contributed by atoms with van der Waals surface area (Å²) in [5, 5.41) is 10.5. The maximum atomic E-state index is 9.47. The standard InChI is InChI=1S/C18H21N3/c1-3-14-4-5-17-15(10-14)11-16(12-19)18(20-17)21-8-6-13(2)7-9-21/h4-5,10-11,13H,3,6-9H2,1-2H3. The predicted octanol–water partition coefficient (Wildman–Crippen LogP) is 3.91. The molecule has 0 radical (unpaired) electrons. The van der Waals surface area contributed by atoms with Crippen LogP contribution < -0.4 is 4.90 Å². The van der Waals surface area contributed by atoms with Gasteiger partial charge in [-0.3, -0.25) is 0 Å². The minimum Gasteiger partial charge on any atom is -0.355 e. The minimum atomic E-state index is 0.699. The lowest BCUT2D eigenvalue weighted by Crippen LogP contribution is -2.34. The summed E-state index contributed by atoms with van der Waals surface area (Å²) in [6.45, 7) is 6.44. The fourth-order valence-electron chi connectivity index (χ4n) is 2.98. The van der Waals surface area contributed by atoms with E-state index in [1.807, 2.05) is 6.07 Å². The molecule has 0 amide bonds. The summed E-state index contributed by atoms with van der Waals surface area (Å²) in [7, 11) is 0. The van der Waals surface area contributed by atoms with E-state index in [9.17, 15) is 5.26 Å². The fourth-order valence-corrected chi connectivity index (χ4v) is 2.98. The molecule has 0 spiro atoms. The molecule has 1 aliphatic heterocycles. The summed E-state index contributed by atoms with van der Waals surface area (Å²) in [5.74, 6) is 1.64. The van der Waals surface area contributed by atoms with Gasteiger partial charge in [0.2, 0.25) is 0 Å². The van der Waals surface area contributed by atoms with Gasteiger partial charge in [-0.15, -0.1) is 0 Å². The molecule has 21 heavy (non-hydrogen) atoms. The van der Waals surface area contributed by atoms with Gasteiger partial charge >= 0.3 is 0 Å². The van der Waals surface area contributed by atoms with Gasteiger partial charge in [0.1, 0.15) is 11.9 Å². The number of anilines is 1. The van der Waals surface area contributed by atoms with Crippen LogP contribution in [0.5, 0.6) is 0 Å². The molecule has 0 unspecified atom stereocenters. The Balaban J connectivity index is 2.04. The average Bonchev–Trinajstić information content (AvgIpc) is 2.53. The van der Waals surface area contributed by atoms with E-state index in [1.54, 1.807) is 0 Å². The smallest absolute Gasteiger partial charge is 0.147 e. The molecule has 1 aromatic heterocycles. The van der Waals surface area contributed by atoms with Crippen molar-refractivity contribution in [3.8, 4) is 6.07 Å². The van der Waals surface area contributed by atoms with Gasteiger partial charge in [0.15, 0.2) is 0 Å². The van der Waals surface area contributed by atoms with Crippen molar-refractivity contribution >= 4 is 16.7 Å². The highest BCUT2D eigenvalue weighted by atomic mass is 15.2. The number of rotatable bonds is 2. The van der Waals surface area contributed by atoms with Crippen molar-refractivity contribution < 1.29 is 0 Å². The summed E-state index contributed by atoms with van der Waals surface area (Å²) >= 11 is 0. The molecule has 1 aliphatic rings. The van der Waals surface area contributed by atoms with Crippen LogP contribution >= 0.6 is 0 Å². The van der Waals surface area contributed by atoms with Gasteiger partial charge < -0.3 is 4.90 Å². The second-order valence-electron chi connectivity index (χ2n) is 6.02. The van der Waals surface area contributed by atoms with Crippen LogP contribution in [0.15, 0.2) is 24.3 Å². The lowest BCUT2D eigenvalue weighted by molar-refractivity contribution is 0.436. The van der Waals surface area contributed by atoms with Crippen molar-refractivity contribution in [2.45, 2.75) is 33.1 Å². The van der Waals surface area contributed by atoms with E-state index in [4.69, 9.17) is 4.98 Å². The quantitative estimate of drug-likeness (QED) is 0.837. The van der Waals surface area contributed by atoms with Crippen LogP contribution in [0.25, 0.3) is 10.9 Å². The zero-order valence-corrected chi connectivity index (χ0v) is 12.8. The Kier molecular flexibility index (Phi) is 3.79. The first-order chi connectivity index (χ1) is 10.2. The van der Waals surface area contributed by atoms with Gasteiger partial charge in [-0.25, -0.2) is 4.98 Å². The van der Waals surface area contributed by atoms with E-state index < -0.39 is 0 Å². The summed E-state index contributed by atoms with van der Waals surface area (Å²) in [6, 6.07) is 10.7. The monoisotopic (exact) mass is 279 g/mol. The largest absolute Gasteiger partial charge is 0.355 e. The van der Waals surface area contributed by atoms with E-state index in [0.29, 0.717) is 5.56 Å². The molecule has 0 bridgehead atoms. The molecule has 108 valence electrons. The first-order valence-electron chi connectivity index (χ1n) is 7.80. The Hall–Kier alpha value is -2.08. The molecular formula is C18H21N3. The number of hydrogen-bond acceptors (Lipinski definition) is 3. The van der Waals surface area contributed by atoms with Crippen molar-refractivity contribution in [3.63, 3.8) is 0 Å². The topological polar surface area (TPSA) is 39.9 Å². The van der Waals surface area contributed by atoms with E-state index in [1.165, 1.54) is 18.4 Å². The minimum absolute atomic E-state index is 0.699. The number of piperidine rings is 1. The summed E-state index contributed by atoms with van der Waals surface area (Å²) in [5.41, 5.74) is 2.97. The Morgan fingerprint density at radius 2 is 2.05 bits per heavy atom. The molecule has 3 heteroatoms. The van der Waals surface area contributed by atoms with Crippen molar-refractivity contribution in [3.05, 3.63) is 35.4 Å². The zero-order chi connectivity index (χ0) is 14.8. The first kappa shape index (κ1) is 13.9. The van der Waals surface area contributed by atoms with Crippen LogP contribution in [0.3, 0.4) is 0 Å². The van der Waals surface area contributed by atoms with Crippen molar-refractivity contribution in [2.75, 3.05) is 18.0 Å². The molecule has 1 saturated heterocycles. The van der Waals surface area contributed by atoms with Crippen LogP contribution in [0.2, 0.25) is 0 Å². The number of nitrogens with zero attached hydrogens (tertiary/aromatic N) is 3. The number of aromatic nitrogens is 1. The van der Waals surface area contributed by atoms with E-state index in [2.05, 4.69) is 43.0 Å². The van der Waals surface area contributed by atoms with Gasteiger partial charge in [0.25, 0.3) is 0 Å². The number of fused-ring (bicyclic) bond motifs is 1. The molecule has 3 rings (SSSR count). The average molecular weight is 279 g/mol. The maximum absolute atomic E-state index is 9.47. The molecule has 0 N–H and O–H groups in total. The molecule has 0 saturated carbocycles. The van der Waals surface area contributed by atoms with Gasteiger partial charge in [0.05, 0.1) is 11.1 Å². The van der Waals surface area contributed by atoms with Crippen molar-refractivity contribution in [1.82, 2.24) is 4.98 Å². The molecule has 2 aromatic rings. The predicted molar refractivity (Wildman–Crippen MR) is 86.4 cm³/mol. The first-order valence-corrected chi connectivity index (χ1v) is 7.80. The van der Waals surface area contributed by atoms with Crippen molar-refractivity contribution in [2.24, 2.45) is 5.92 Å². The molecule has 1 fully saturated rings. The third-order valence-corrected chi connectivity index (χ3v) is 4.47. The number of aryl methyl sites for hydroxylation is 1. The fraction of sp³-hybridized carbons (Fsp3) is 0.444. The van der Waals surface area contributed by atoms with E-state index in [-0.39, 0.29) is 0 Å². The normalized spacial score (nSPS) is 16.1. The molecule has 0 atom stereocenters. The molecule has 0 aliphatic carbocycles. The second-order valence-corrected chi connectivity index (χ2v) is 6.02. The highest BCUT2D eigenvalue weighted by Crippen LogP contribution is 2.27. The molecule has 3 nitrogen and oxygen atoms in total. The number of hydrogen-bond donors (Lipinski definition) is 0. The molecule has 1 aromatic carbocycles. The lowest BCUT2D eigenvalue weighted by atomic mass is 9.98. The van der Waals surface area contributed by atoms with E-state index >= 15 is 0 Å².